The molecule has 0 fully saturated rings. The van der Waals surface area contributed by atoms with E-state index in [1.54, 1.807) is 42.5 Å². The van der Waals surface area contributed by atoms with E-state index in [0.29, 0.717) is 29.6 Å². The van der Waals surface area contributed by atoms with E-state index in [9.17, 15) is 4.79 Å². The van der Waals surface area contributed by atoms with Crippen LogP contribution in [0.4, 0.5) is 0 Å². The Morgan fingerprint density at radius 1 is 1.07 bits per heavy atom. The second-order valence-corrected chi connectivity index (χ2v) is 7.11. The second-order valence-electron chi connectivity index (χ2n) is 6.67. The van der Waals surface area contributed by atoms with Crippen molar-refractivity contribution in [1.82, 2.24) is 10.1 Å². The first-order valence-electron chi connectivity index (χ1n) is 9.29. The van der Waals surface area contributed by atoms with Gasteiger partial charge in [-0.05, 0) is 54.1 Å². The Hall–Kier alpha value is -3.51. The van der Waals surface area contributed by atoms with Gasteiger partial charge < -0.3 is 18.6 Å². The minimum absolute atomic E-state index is 0.223. The van der Waals surface area contributed by atoms with Crippen LogP contribution in [0.25, 0.3) is 11.3 Å². The average molecular weight is 423 g/mol. The molecule has 1 amide bonds. The van der Waals surface area contributed by atoms with E-state index in [1.165, 1.54) is 0 Å². The Balaban J connectivity index is 1.57. The van der Waals surface area contributed by atoms with Crippen molar-refractivity contribution >= 4 is 17.5 Å². The van der Waals surface area contributed by atoms with E-state index in [4.69, 9.17) is 25.3 Å². The summed E-state index contributed by atoms with van der Waals surface area (Å²) in [6, 6.07) is 20.0. The molecule has 0 aliphatic carbocycles. The smallest absolute Gasteiger partial charge is 0.276 e. The Labute approximate surface area is 178 Å². The van der Waals surface area contributed by atoms with Crippen molar-refractivity contribution in [1.29, 1.82) is 0 Å². The monoisotopic (exact) mass is 422 g/mol. The molecule has 0 spiro atoms. The number of hydrogen-bond donors (Lipinski definition) is 0. The number of amides is 1. The van der Waals surface area contributed by atoms with Crippen molar-refractivity contribution in [3.63, 3.8) is 0 Å². The number of carbonyl (C=O) groups is 1. The van der Waals surface area contributed by atoms with Crippen molar-refractivity contribution in [3.8, 4) is 17.1 Å². The fraction of sp³-hybridized carbons (Fsp3) is 0.130. The van der Waals surface area contributed by atoms with Crippen LogP contribution < -0.4 is 4.74 Å². The van der Waals surface area contributed by atoms with Crippen LogP contribution >= 0.6 is 11.6 Å². The molecule has 2 aromatic heterocycles. The summed E-state index contributed by atoms with van der Waals surface area (Å²) in [6.45, 7) is 0.681. The molecule has 6 nitrogen and oxygen atoms in total. The van der Waals surface area contributed by atoms with Crippen LogP contribution in [-0.4, -0.2) is 23.1 Å². The van der Waals surface area contributed by atoms with Crippen LogP contribution in [0.15, 0.2) is 81.9 Å². The third-order valence-electron chi connectivity index (χ3n) is 4.60. The molecule has 0 unspecified atom stereocenters. The molecule has 0 radical (unpaired) electrons. The summed E-state index contributed by atoms with van der Waals surface area (Å²) in [6.07, 6.45) is 1.58. The van der Waals surface area contributed by atoms with Gasteiger partial charge in [0.2, 0.25) is 0 Å². The van der Waals surface area contributed by atoms with Crippen molar-refractivity contribution in [2.24, 2.45) is 0 Å². The molecule has 152 valence electrons. The van der Waals surface area contributed by atoms with Crippen LogP contribution in [0.2, 0.25) is 5.02 Å². The summed E-state index contributed by atoms with van der Waals surface area (Å²) in [5.74, 6) is 1.66. The van der Waals surface area contributed by atoms with E-state index in [0.717, 1.165) is 16.9 Å². The Morgan fingerprint density at radius 3 is 2.50 bits per heavy atom. The lowest BCUT2D eigenvalue weighted by atomic mass is 10.1. The molecule has 0 N–H and O–H groups in total. The number of rotatable bonds is 7. The first kappa shape index (κ1) is 19.8. The van der Waals surface area contributed by atoms with Gasteiger partial charge in [0.15, 0.2) is 11.5 Å². The van der Waals surface area contributed by atoms with Crippen molar-refractivity contribution in [2.45, 2.75) is 13.1 Å². The fourth-order valence-corrected chi connectivity index (χ4v) is 3.16. The molecule has 7 heteroatoms. The molecule has 0 saturated heterocycles. The number of hydrogen-bond acceptors (Lipinski definition) is 5. The zero-order valence-corrected chi connectivity index (χ0v) is 17.0. The van der Waals surface area contributed by atoms with Gasteiger partial charge in [-0.25, -0.2) is 0 Å². The standard InChI is InChI=1S/C23H19ClN2O4/c1-28-19-10-6-17(7-11-19)22-13-21(25-30-22)23(27)26(15-20-3-2-12-29-20)14-16-4-8-18(24)9-5-16/h2-13H,14-15H2,1H3. The highest BCUT2D eigenvalue weighted by molar-refractivity contribution is 6.30. The van der Waals surface area contributed by atoms with Gasteiger partial charge in [0.1, 0.15) is 11.5 Å². The SMILES string of the molecule is COc1ccc(-c2cc(C(=O)N(Cc3ccc(Cl)cc3)Cc3ccco3)no2)cc1. The molecule has 30 heavy (non-hydrogen) atoms. The van der Waals surface area contributed by atoms with E-state index in [2.05, 4.69) is 5.16 Å². The van der Waals surface area contributed by atoms with Gasteiger partial charge in [0, 0.05) is 23.2 Å². The predicted octanol–water partition coefficient (Wildman–Crippen LogP) is 5.44. The van der Waals surface area contributed by atoms with Crippen molar-refractivity contribution in [3.05, 3.63) is 95.0 Å². The molecule has 2 aromatic carbocycles. The van der Waals surface area contributed by atoms with Crippen LogP contribution in [0, 0.1) is 0 Å². The number of furan rings is 1. The lowest BCUT2D eigenvalue weighted by molar-refractivity contribution is 0.0707. The largest absolute Gasteiger partial charge is 0.497 e. The maximum Gasteiger partial charge on any atom is 0.276 e. The molecule has 4 rings (SSSR count). The quantitative estimate of drug-likeness (QED) is 0.396. The minimum Gasteiger partial charge on any atom is -0.497 e. The van der Waals surface area contributed by atoms with Gasteiger partial charge in [0.25, 0.3) is 5.91 Å². The highest BCUT2D eigenvalue weighted by Gasteiger charge is 2.22. The average Bonchev–Trinajstić information content (AvgIpc) is 3.47. The van der Waals surface area contributed by atoms with Gasteiger partial charge in [0.05, 0.1) is 19.9 Å². The Bertz CT molecular complexity index is 1100. The third-order valence-corrected chi connectivity index (χ3v) is 4.86. The molecule has 0 atom stereocenters. The second kappa shape index (κ2) is 8.88. The highest BCUT2D eigenvalue weighted by atomic mass is 35.5. The lowest BCUT2D eigenvalue weighted by Crippen LogP contribution is -2.30. The normalized spacial score (nSPS) is 10.7. The van der Waals surface area contributed by atoms with Crippen molar-refractivity contribution < 1.29 is 18.5 Å². The maximum atomic E-state index is 13.2. The van der Waals surface area contributed by atoms with Crippen LogP contribution in [0.3, 0.4) is 0 Å². The van der Waals surface area contributed by atoms with Gasteiger partial charge in [-0.3, -0.25) is 4.79 Å². The summed E-state index contributed by atoms with van der Waals surface area (Å²) >= 11 is 5.98. The predicted molar refractivity (Wildman–Crippen MR) is 112 cm³/mol. The topological polar surface area (TPSA) is 68.7 Å². The number of methoxy groups -OCH3 is 1. The summed E-state index contributed by atoms with van der Waals surface area (Å²) < 4.78 is 16.0. The van der Waals surface area contributed by atoms with E-state index in [1.807, 2.05) is 42.5 Å². The maximum absolute atomic E-state index is 13.2. The zero-order valence-electron chi connectivity index (χ0n) is 16.2. The molecule has 4 aromatic rings. The number of nitrogens with zero attached hydrogens (tertiary/aromatic N) is 2. The minimum atomic E-state index is -0.259. The number of aromatic nitrogens is 1. The van der Waals surface area contributed by atoms with E-state index < -0.39 is 0 Å². The van der Waals surface area contributed by atoms with E-state index in [-0.39, 0.29) is 11.6 Å². The summed E-state index contributed by atoms with van der Waals surface area (Å²) in [7, 11) is 1.61. The Kier molecular flexibility index (Phi) is 5.86. The summed E-state index contributed by atoms with van der Waals surface area (Å²) in [5, 5.41) is 4.63. The van der Waals surface area contributed by atoms with Gasteiger partial charge in [-0.1, -0.05) is 28.9 Å². The van der Waals surface area contributed by atoms with Gasteiger partial charge >= 0.3 is 0 Å². The first-order chi connectivity index (χ1) is 14.6. The van der Waals surface area contributed by atoms with Crippen LogP contribution in [0.5, 0.6) is 5.75 Å². The molecule has 0 saturated carbocycles. The lowest BCUT2D eigenvalue weighted by Gasteiger charge is -2.20. The highest BCUT2D eigenvalue weighted by Crippen LogP contribution is 2.24. The van der Waals surface area contributed by atoms with Crippen LogP contribution in [0.1, 0.15) is 21.8 Å². The van der Waals surface area contributed by atoms with Crippen molar-refractivity contribution in [2.75, 3.05) is 7.11 Å². The Morgan fingerprint density at radius 2 is 1.83 bits per heavy atom. The molecule has 0 bridgehead atoms. The molecule has 0 aliphatic rings. The zero-order chi connectivity index (χ0) is 20.9. The molecule has 0 aliphatic heterocycles. The molecule has 2 heterocycles. The molecular weight excluding hydrogens is 404 g/mol. The van der Waals surface area contributed by atoms with Gasteiger partial charge in [-0.2, -0.15) is 0 Å². The number of ether oxygens (including phenoxy) is 1. The molecular formula is C23H19ClN2O4. The summed E-state index contributed by atoms with van der Waals surface area (Å²) in [5.41, 5.74) is 1.97. The summed E-state index contributed by atoms with van der Waals surface area (Å²) in [4.78, 5) is 14.9. The first-order valence-corrected chi connectivity index (χ1v) is 9.67. The number of benzene rings is 2. The number of carbonyl (C=O) groups excluding carboxylic acids is 1. The van der Waals surface area contributed by atoms with Crippen LogP contribution in [-0.2, 0) is 13.1 Å². The third kappa shape index (κ3) is 4.55. The van der Waals surface area contributed by atoms with Gasteiger partial charge in [-0.15, -0.1) is 0 Å². The van der Waals surface area contributed by atoms with E-state index >= 15 is 0 Å². The fourth-order valence-electron chi connectivity index (χ4n) is 3.03. The number of halogens is 1.